The molecule has 1 aromatic heterocycles. The highest BCUT2D eigenvalue weighted by Gasteiger charge is 2.16. The molecule has 2 aromatic rings. The third-order valence-corrected chi connectivity index (χ3v) is 5.64. The molecule has 0 saturated carbocycles. The van der Waals surface area contributed by atoms with Crippen LogP contribution in [-0.4, -0.2) is 25.7 Å². The molecule has 0 spiro atoms. The molecular formula is C14H15N3O2S2. The summed E-state index contributed by atoms with van der Waals surface area (Å²) in [5.41, 5.74) is 0.347. The fourth-order valence-electron chi connectivity index (χ4n) is 1.82. The van der Waals surface area contributed by atoms with E-state index in [9.17, 15) is 8.42 Å². The van der Waals surface area contributed by atoms with Gasteiger partial charge in [-0.1, -0.05) is 6.07 Å². The average molecular weight is 321 g/mol. The van der Waals surface area contributed by atoms with Crippen molar-refractivity contribution in [2.24, 2.45) is 0 Å². The summed E-state index contributed by atoms with van der Waals surface area (Å²) in [6.45, 7) is 2.28. The van der Waals surface area contributed by atoms with Crippen LogP contribution in [0.5, 0.6) is 0 Å². The minimum atomic E-state index is -3.39. The Kier molecular flexibility index (Phi) is 5.07. The van der Waals surface area contributed by atoms with Gasteiger partial charge < -0.3 is 5.32 Å². The highest BCUT2D eigenvalue weighted by molar-refractivity contribution is 7.91. The number of aromatic nitrogens is 1. The molecule has 0 aliphatic carbocycles. The minimum Gasteiger partial charge on any atom is -0.307 e. The van der Waals surface area contributed by atoms with Gasteiger partial charge in [0, 0.05) is 18.1 Å². The fourth-order valence-corrected chi connectivity index (χ4v) is 3.71. The SMILES string of the molecule is CC(NCCS(=O)(=O)c1cccc(C#N)c1)c1nccs1. The monoisotopic (exact) mass is 321 g/mol. The molecule has 0 fully saturated rings. The van der Waals surface area contributed by atoms with Crippen LogP contribution in [0.2, 0.25) is 0 Å². The highest BCUT2D eigenvalue weighted by Crippen LogP contribution is 2.15. The van der Waals surface area contributed by atoms with Crippen molar-refractivity contribution in [3.05, 3.63) is 46.4 Å². The van der Waals surface area contributed by atoms with Crippen LogP contribution in [0, 0.1) is 11.3 Å². The average Bonchev–Trinajstić information content (AvgIpc) is 3.01. The number of benzene rings is 1. The van der Waals surface area contributed by atoms with Gasteiger partial charge in [-0.15, -0.1) is 11.3 Å². The third-order valence-electron chi connectivity index (χ3n) is 2.97. The van der Waals surface area contributed by atoms with E-state index in [1.54, 1.807) is 18.3 Å². The molecule has 21 heavy (non-hydrogen) atoms. The lowest BCUT2D eigenvalue weighted by Gasteiger charge is -2.11. The molecule has 1 heterocycles. The predicted molar refractivity (Wildman–Crippen MR) is 81.7 cm³/mol. The van der Waals surface area contributed by atoms with Crippen LogP contribution in [0.4, 0.5) is 0 Å². The Morgan fingerprint density at radius 1 is 1.48 bits per heavy atom. The zero-order chi connectivity index (χ0) is 15.3. The van der Waals surface area contributed by atoms with E-state index in [1.807, 2.05) is 18.4 Å². The second kappa shape index (κ2) is 6.80. The Morgan fingerprint density at radius 3 is 2.95 bits per heavy atom. The molecule has 0 bridgehead atoms. The number of hydrogen-bond acceptors (Lipinski definition) is 6. The number of nitrogens with one attached hydrogen (secondary N) is 1. The first kappa shape index (κ1) is 15.6. The third kappa shape index (κ3) is 4.11. The highest BCUT2D eigenvalue weighted by atomic mass is 32.2. The largest absolute Gasteiger partial charge is 0.307 e. The lowest BCUT2D eigenvalue weighted by Crippen LogP contribution is -2.25. The van der Waals surface area contributed by atoms with E-state index < -0.39 is 9.84 Å². The van der Waals surface area contributed by atoms with Crippen LogP contribution < -0.4 is 5.32 Å². The Hall–Kier alpha value is -1.75. The maximum atomic E-state index is 12.2. The van der Waals surface area contributed by atoms with Crippen molar-refractivity contribution in [2.75, 3.05) is 12.3 Å². The molecule has 0 radical (unpaired) electrons. The van der Waals surface area contributed by atoms with Crippen molar-refractivity contribution >= 4 is 21.2 Å². The van der Waals surface area contributed by atoms with Gasteiger partial charge in [-0.3, -0.25) is 0 Å². The number of nitrogens with zero attached hydrogens (tertiary/aromatic N) is 2. The molecule has 2 rings (SSSR count). The molecule has 5 nitrogen and oxygen atoms in total. The van der Waals surface area contributed by atoms with Gasteiger partial charge in [-0.05, 0) is 25.1 Å². The van der Waals surface area contributed by atoms with Gasteiger partial charge >= 0.3 is 0 Å². The van der Waals surface area contributed by atoms with Gasteiger partial charge in [0.05, 0.1) is 28.3 Å². The van der Waals surface area contributed by atoms with E-state index >= 15 is 0 Å². The van der Waals surface area contributed by atoms with Crippen LogP contribution in [0.25, 0.3) is 0 Å². The molecular weight excluding hydrogens is 306 g/mol. The van der Waals surface area contributed by atoms with E-state index in [0.717, 1.165) is 5.01 Å². The number of hydrogen-bond donors (Lipinski definition) is 1. The first-order chi connectivity index (χ1) is 10.0. The predicted octanol–water partition coefficient (Wildman–Crippen LogP) is 2.14. The van der Waals surface area contributed by atoms with E-state index in [-0.39, 0.29) is 16.7 Å². The van der Waals surface area contributed by atoms with Crippen molar-refractivity contribution in [3.63, 3.8) is 0 Å². The van der Waals surface area contributed by atoms with Crippen molar-refractivity contribution in [1.82, 2.24) is 10.3 Å². The lowest BCUT2D eigenvalue weighted by atomic mass is 10.2. The summed E-state index contributed by atoms with van der Waals surface area (Å²) in [4.78, 5) is 4.37. The van der Waals surface area contributed by atoms with Gasteiger partial charge in [-0.2, -0.15) is 5.26 Å². The van der Waals surface area contributed by atoms with Gasteiger partial charge in [0.25, 0.3) is 0 Å². The van der Waals surface area contributed by atoms with Gasteiger partial charge in [0.1, 0.15) is 5.01 Å². The first-order valence-electron chi connectivity index (χ1n) is 6.38. The summed E-state index contributed by atoms with van der Waals surface area (Å²) in [5, 5.41) is 14.8. The summed E-state index contributed by atoms with van der Waals surface area (Å²) >= 11 is 1.53. The lowest BCUT2D eigenvalue weighted by molar-refractivity contribution is 0.571. The Labute approximate surface area is 128 Å². The van der Waals surface area contributed by atoms with Crippen LogP contribution in [-0.2, 0) is 9.84 Å². The molecule has 0 aliphatic rings. The molecule has 1 atom stereocenters. The summed E-state index contributed by atoms with van der Waals surface area (Å²) in [7, 11) is -3.39. The molecule has 1 unspecified atom stereocenters. The second-order valence-corrected chi connectivity index (χ2v) is 7.54. The molecule has 0 amide bonds. The van der Waals surface area contributed by atoms with Crippen LogP contribution in [0.3, 0.4) is 0 Å². The summed E-state index contributed by atoms with van der Waals surface area (Å²) in [6.07, 6.45) is 1.72. The quantitative estimate of drug-likeness (QED) is 0.881. The van der Waals surface area contributed by atoms with Crippen molar-refractivity contribution in [1.29, 1.82) is 5.26 Å². The zero-order valence-electron chi connectivity index (χ0n) is 11.5. The number of sulfone groups is 1. The molecule has 7 heteroatoms. The second-order valence-electron chi connectivity index (χ2n) is 4.50. The Balaban J connectivity index is 1.97. The van der Waals surface area contributed by atoms with Crippen LogP contribution in [0.1, 0.15) is 23.5 Å². The van der Waals surface area contributed by atoms with Crippen LogP contribution >= 0.6 is 11.3 Å². The Morgan fingerprint density at radius 2 is 2.29 bits per heavy atom. The van der Waals surface area contributed by atoms with Crippen LogP contribution in [0.15, 0.2) is 40.7 Å². The molecule has 110 valence electrons. The summed E-state index contributed by atoms with van der Waals surface area (Å²) in [5.74, 6) is -0.0163. The van der Waals surface area contributed by atoms with E-state index in [0.29, 0.717) is 12.1 Å². The van der Waals surface area contributed by atoms with Gasteiger partial charge in [-0.25, -0.2) is 13.4 Å². The maximum Gasteiger partial charge on any atom is 0.179 e. The van der Waals surface area contributed by atoms with E-state index in [2.05, 4.69) is 10.3 Å². The fraction of sp³-hybridized carbons (Fsp3) is 0.286. The summed E-state index contributed by atoms with van der Waals surface area (Å²) < 4.78 is 24.4. The van der Waals surface area contributed by atoms with Gasteiger partial charge in [0.2, 0.25) is 0 Å². The van der Waals surface area contributed by atoms with Gasteiger partial charge in [0.15, 0.2) is 9.84 Å². The van der Waals surface area contributed by atoms with E-state index in [4.69, 9.17) is 5.26 Å². The van der Waals surface area contributed by atoms with Crippen molar-refractivity contribution < 1.29 is 8.42 Å². The normalized spacial score (nSPS) is 12.8. The van der Waals surface area contributed by atoms with Crippen molar-refractivity contribution in [2.45, 2.75) is 17.9 Å². The van der Waals surface area contributed by atoms with E-state index in [1.165, 1.54) is 23.5 Å². The molecule has 0 aliphatic heterocycles. The van der Waals surface area contributed by atoms with Crippen molar-refractivity contribution in [3.8, 4) is 6.07 Å². The molecule has 1 aromatic carbocycles. The number of thiazole rings is 1. The first-order valence-corrected chi connectivity index (χ1v) is 8.92. The topological polar surface area (TPSA) is 82.9 Å². The minimum absolute atomic E-state index is 0.0163. The molecule has 1 N–H and O–H groups in total. The summed E-state index contributed by atoms with van der Waals surface area (Å²) in [6, 6.07) is 8.05. The Bertz CT molecular complexity index is 734. The molecule has 0 saturated heterocycles. The smallest absolute Gasteiger partial charge is 0.179 e. The standard InChI is InChI=1S/C14H15N3O2S2/c1-11(14-17-5-7-20-14)16-6-8-21(18,19)13-4-2-3-12(9-13)10-15/h2-5,7,9,11,16H,6,8H2,1H3. The maximum absolute atomic E-state index is 12.2. The number of nitriles is 1. The number of rotatable bonds is 6. The zero-order valence-corrected chi connectivity index (χ0v) is 13.1.